The van der Waals surface area contributed by atoms with Crippen LogP contribution in [-0.2, 0) is 6.42 Å². The molecule has 0 saturated carbocycles. The van der Waals surface area contributed by atoms with Gasteiger partial charge in [-0.2, -0.15) is 0 Å². The van der Waals surface area contributed by atoms with Crippen LogP contribution in [0.2, 0.25) is 0 Å². The molecule has 1 amide bonds. The Morgan fingerprint density at radius 1 is 0.963 bits per heavy atom. The van der Waals surface area contributed by atoms with E-state index in [0.717, 1.165) is 17.7 Å². The van der Waals surface area contributed by atoms with Gasteiger partial charge in [0.1, 0.15) is 41.0 Å². The van der Waals surface area contributed by atoms with Crippen molar-refractivity contribution >= 4 is 17.4 Å². The largest absolute Gasteiger partial charge is 0.370 e. The summed E-state index contributed by atoms with van der Waals surface area (Å²) in [6.45, 7) is 0.492. The summed E-state index contributed by atoms with van der Waals surface area (Å²) >= 11 is 0. The van der Waals surface area contributed by atoms with Crippen molar-refractivity contribution in [3.8, 4) is 0 Å². The summed E-state index contributed by atoms with van der Waals surface area (Å²) < 4.78 is 40.2. The Morgan fingerprint density at radius 3 is 2.37 bits per heavy atom. The monoisotopic (exact) mass is 372 g/mol. The van der Waals surface area contributed by atoms with E-state index in [2.05, 4.69) is 20.6 Å². The number of rotatable bonds is 6. The molecule has 1 aromatic heterocycles. The van der Waals surface area contributed by atoms with Crippen molar-refractivity contribution in [1.82, 2.24) is 9.97 Å². The van der Waals surface area contributed by atoms with Gasteiger partial charge in [-0.1, -0.05) is 18.2 Å². The number of benzene rings is 2. The number of carbonyl (C=O) groups is 1. The van der Waals surface area contributed by atoms with Crippen molar-refractivity contribution in [1.29, 1.82) is 0 Å². The summed E-state index contributed by atoms with van der Waals surface area (Å²) in [4.78, 5) is 20.0. The molecule has 138 valence electrons. The SMILES string of the molecule is O=C(Nc1c(F)cccc1F)c1cc(NCCc2ccc(F)cc2)ncn1. The standard InChI is InChI=1S/C19H15F3N4O/c20-13-6-4-12(5-7-13)8-9-23-17-10-16(24-11-25-17)19(27)26-18-14(21)2-1-3-15(18)22/h1-7,10-11H,8-9H2,(H,26,27)(H,23,24,25). The molecular formula is C19H15F3N4O. The van der Waals surface area contributed by atoms with Gasteiger partial charge in [0.25, 0.3) is 5.91 Å². The molecule has 0 atom stereocenters. The molecule has 2 N–H and O–H groups in total. The van der Waals surface area contributed by atoms with E-state index in [9.17, 15) is 18.0 Å². The molecule has 0 aliphatic heterocycles. The number of carbonyl (C=O) groups excluding carboxylic acids is 1. The third-order valence-corrected chi connectivity index (χ3v) is 3.73. The predicted octanol–water partition coefficient (Wildman–Crippen LogP) is 3.80. The first-order valence-corrected chi connectivity index (χ1v) is 8.08. The third-order valence-electron chi connectivity index (χ3n) is 3.73. The average Bonchev–Trinajstić information content (AvgIpc) is 2.66. The van der Waals surface area contributed by atoms with Crippen molar-refractivity contribution in [2.75, 3.05) is 17.2 Å². The van der Waals surface area contributed by atoms with Crippen LogP contribution in [0, 0.1) is 17.5 Å². The van der Waals surface area contributed by atoms with E-state index >= 15 is 0 Å². The molecule has 0 fully saturated rings. The molecule has 8 heteroatoms. The van der Waals surface area contributed by atoms with Gasteiger partial charge in [0.15, 0.2) is 0 Å². The number of para-hydroxylation sites is 1. The maximum Gasteiger partial charge on any atom is 0.274 e. The normalized spacial score (nSPS) is 10.5. The van der Waals surface area contributed by atoms with Crippen LogP contribution in [-0.4, -0.2) is 22.4 Å². The van der Waals surface area contributed by atoms with E-state index in [4.69, 9.17) is 0 Å². The smallest absolute Gasteiger partial charge is 0.274 e. The average molecular weight is 372 g/mol. The summed E-state index contributed by atoms with van der Waals surface area (Å²) in [7, 11) is 0. The Hall–Kier alpha value is -3.42. The molecule has 0 spiro atoms. The summed E-state index contributed by atoms with van der Waals surface area (Å²) in [6, 6.07) is 10.8. The van der Waals surface area contributed by atoms with Gasteiger partial charge in [-0.3, -0.25) is 4.79 Å². The highest BCUT2D eigenvalue weighted by atomic mass is 19.1. The Labute approximate surface area is 153 Å². The van der Waals surface area contributed by atoms with E-state index in [1.54, 1.807) is 12.1 Å². The van der Waals surface area contributed by atoms with Crippen LogP contribution < -0.4 is 10.6 Å². The lowest BCUT2D eigenvalue weighted by molar-refractivity contribution is 0.102. The number of anilines is 2. The Bertz CT molecular complexity index is 928. The highest BCUT2D eigenvalue weighted by molar-refractivity contribution is 6.03. The van der Waals surface area contributed by atoms with Crippen LogP contribution in [0.3, 0.4) is 0 Å². The molecule has 27 heavy (non-hydrogen) atoms. The van der Waals surface area contributed by atoms with Crippen LogP contribution in [0.5, 0.6) is 0 Å². The first-order chi connectivity index (χ1) is 13.0. The quantitative estimate of drug-likeness (QED) is 0.691. The molecular weight excluding hydrogens is 357 g/mol. The number of hydrogen-bond acceptors (Lipinski definition) is 4. The van der Waals surface area contributed by atoms with Gasteiger partial charge in [0.2, 0.25) is 0 Å². The third kappa shape index (κ3) is 4.81. The number of hydrogen-bond donors (Lipinski definition) is 2. The molecule has 5 nitrogen and oxygen atoms in total. The van der Waals surface area contributed by atoms with E-state index in [1.165, 1.54) is 30.6 Å². The molecule has 0 saturated heterocycles. The fraction of sp³-hybridized carbons (Fsp3) is 0.105. The van der Waals surface area contributed by atoms with Crippen LogP contribution in [0.25, 0.3) is 0 Å². The Balaban J connectivity index is 1.62. The van der Waals surface area contributed by atoms with E-state index in [0.29, 0.717) is 18.8 Å². The van der Waals surface area contributed by atoms with E-state index < -0.39 is 23.2 Å². The topological polar surface area (TPSA) is 66.9 Å². The van der Waals surface area contributed by atoms with Crippen molar-refractivity contribution in [2.24, 2.45) is 0 Å². The van der Waals surface area contributed by atoms with Gasteiger partial charge in [-0.05, 0) is 36.2 Å². The molecule has 0 aliphatic rings. The second-order valence-corrected chi connectivity index (χ2v) is 5.64. The highest BCUT2D eigenvalue weighted by Gasteiger charge is 2.15. The molecule has 2 aromatic carbocycles. The molecule has 0 radical (unpaired) electrons. The number of aromatic nitrogens is 2. The second kappa shape index (κ2) is 8.31. The van der Waals surface area contributed by atoms with E-state index in [1.807, 2.05) is 0 Å². The maximum absolute atomic E-state index is 13.6. The molecule has 0 unspecified atom stereocenters. The zero-order chi connectivity index (χ0) is 19.2. The summed E-state index contributed by atoms with van der Waals surface area (Å²) in [6.07, 6.45) is 1.79. The van der Waals surface area contributed by atoms with Gasteiger partial charge < -0.3 is 10.6 Å². The first-order valence-electron chi connectivity index (χ1n) is 8.08. The summed E-state index contributed by atoms with van der Waals surface area (Å²) in [5.74, 6) is -2.44. The fourth-order valence-corrected chi connectivity index (χ4v) is 2.36. The first kappa shape index (κ1) is 18.4. The Kier molecular flexibility index (Phi) is 5.65. The van der Waals surface area contributed by atoms with Gasteiger partial charge in [-0.25, -0.2) is 23.1 Å². The molecule has 3 rings (SSSR count). The zero-order valence-corrected chi connectivity index (χ0v) is 14.0. The van der Waals surface area contributed by atoms with Crippen LogP contribution in [0.4, 0.5) is 24.7 Å². The minimum absolute atomic E-state index is 0.0445. The second-order valence-electron chi connectivity index (χ2n) is 5.64. The minimum Gasteiger partial charge on any atom is -0.370 e. The van der Waals surface area contributed by atoms with Gasteiger partial charge >= 0.3 is 0 Å². The predicted molar refractivity (Wildman–Crippen MR) is 94.9 cm³/mol. The lowest BCUT2D eigenvalue weighted by Gasteiger charge is -2.09. The molecule has 0 aliphatic carbocycles. The number of nitrogens with zero attached hydrogens (tertiary/aromatic N) is 2. The van der Waals surface area contributed by atoms with Crippen LogP contribution in [0.1, 0.15) is 16.1 Å². The number of halogens is 3. The van der Waals surface area contributed by atoms with Crippen molar-refractivity contribution in [3.63, 3.8) is 0 Å². The molecule has 3 aromatic rings. The lowest BCUT2D eigenvalue weighted by Crippen LogP contribution is -2.17. The summed E-state index contributed by atoms with van der Waals surface area (Å²) in [5, 5.41) is 5.18. The fourth-order valence-electron chi connectivity index (χ4n) is 2.36. The van der Waals surface area contributed by atoms with Crippen molar-refractivity contribution in [3.05, 3.63) is 83.6 Å². The van der Waals surface area contributed by atoms with Gasteiger partial charge in [0.05, 0.1) is 0 Å². The maximum atomic E-state index is 13.6. The van der Waals surface area contributed by atoms with Crippen LogP contribution in [0.15, 0.2) is 54.9 Å². The zero-order valence-electron chi connectivity index (χ0n) is 14.0. The van der Waals surface area contributed by atoms with Gasteiger partial charge in [-0.15, -0.1) is 0 Å². The van der Waals surface area contributed by atoms with E-state index in [-0.39, 0.29) is 11.5 Å². The minimum atomic E-state index is -0.880. The van der Waals surface area contributed by atoms with Crippen molar-refractivity contribution < 1.29 is 18.0 Å². The van der Waals surface area contributed by atoms with Gasteiger partial charge in [0, 0.05) is 12.6 Å². The molecule has 1 heterocycles. The van der Waals surface area contributed by atoms with Crippen molar-refractivity contribution in [2.45, 2.75) is 6.42 Å². The Morgan fingerprint density at radius 2 is 1.67 bits per heavy atom. The highest BCUT2D eigenvalue weighted by Crippen LogP contribution is 2.19. The number of amides is 1. The molecule has 0 bridgehead atoms. The summed E-state index contributed by atoms with van der Waals surface area (Å²) in [5.41, 5.74) is 0.356. The lowest BCUT2D eigenvalue weighted by atomic mass is 10.1. The van der Waals surface area contributed by atoms with Crippen LogP contribution >= 0.6 is 0 Å². The number of nitrogens with one attached hydrogen (secondary N) is 2.